The number of carbonyl (C=O) groups is 2. The maximum absolute atomic E-state index is 12.4. The molecule has 1 heterocycles. The highest BCUT2D eigenvalue weighted by atomic mass is 16.5. The Balaban J connectivity index is 1.58. The minimum absolute atomic E-state index is 0.228. The summed E-state index contributed by atoms with van der Waals surface area (Å²) < 4.78 is 5.37. The minimum Gasteiger partial charge on any atom is -0.449 e. The van der Waals surface area contributed by atoms with Crippen LogP contribution in [0.5, 0.6) is 0 Å². The number of rotatable bonds is 7. The van der Waals surface area contributed by atoms with Crippen LogP contribution in [0.1, 0.15) is 42.1 Å². The second-order valence-corrected chi connectivity index (χ2v) is 6.56. The molecule has 2 aromatic carbocycles. The third kappa shape index (κ3) is 4.37. The Labute approximate surface area is 158 Å². The van der Waals surface area contributed by atoms with E-state index in [1.54, 1.807) is 13.1 Å². The van der Waals surface area contributed by atoms with Crippen LogP contribution < -0.4 is 5.32 Å². The molecule has 27 heavy (non-hydrogen) atoms. The van der Waals surface area contributed by atoms with Gasteiger partial charge in [0, 0.05) is 29.6 Å². The van der Waals surface area contributed by atoms with Crippen molar-refractivity contribution in [3.05, 3.63) is 71.9 Å². The van der Waals surface area contributed by atoms with Crippen molar-refractivity contribution in [2.45, 2.75) is 32.3 Å². The highest BCUT2D eigenvalue weighted by molar-refractivity contribution is 6.04. The molecule has 3 aromatic rings. The van der Waals surface area contributed by atoms with Crippen LogP contribution in [-0.2, 0) is 9.53 Å². The number of aromatic amines is 1. The molecule has 1 aromatic heterocycles. The van der Waals surface area contributed by atoms with E-state index in [-0.39, 0.29) is 11.8 Å². The number of aromatic nitrogens is 1. The first kappa shape index (κ1) is 18.7. The Morgan fingerprint density at radius 2 is 1.78 bits per heavy atom. The van der Waals surface area contributed by atoms with E-state index in [9.17, 15) is 9.59 Å². The van der Waals surface area contributed by atoms with E-state index in [4.69, 9.17) is 4.74 Å². The molecule has 0 saturated heterocycles. The summed E-state index contributed by atoms with van der Waals surface area (Å²) in [4.78, 5) is 27.8. The average molecular weight is 364 g/mol. The van der Waals surface area contributed by atoms with E-state index in [1.807, 2.05) is 42.5 Å². The van der Waals surface area contributed by atoms with Gasteiger partial charge in [-0.2, -0.15) is 0 Å². The number of para-hydroxylation sites is 1. The number of carbonyl (C=O) groups excluding carboxylic acids is 2. The molecule has 0 bridgehead atoms. The maximum atomic E-state index is 12.4. The fourth-order valence-corrected chi connectivity index (χ4v) is 3.11. The topological polar surface area (TPSA) is 71.2 Å². The summed E-state index contributed by atoms with van der Waals surface area (Å²) in [5.41, 5.74) is 2.47. The molecule has 2 atom stereocenters. The van der Waals surface area contributed by atoms with Crippen LogP contribution in [0.25, 0.3) is 10.9 Å². The van der Waals surface area contributed by atoms with E-state index in [1.165, 1.54) is 5.56 Å². The summed E-state index contributed by atoms with van der Waals surface area (Å²) in [7, 11) is 0. The first-order valence-electron chi connectivity index (χ1n) is 9.20. The van der Waals surface area contributed by atoms with Gasteiger partial charge in [0.15, 0.2) is 6.10 Å². The van der Waals surface area contributed by atoms with Crippen molar-refractivity contribution in [1.29, 1.82) is 0 Å². The molecular weight excluding hydrogens is 340 g/mol. The number of hydrogen-bond donors (Lipinski definition) is 2. The van der Waals surface area contributed by atoms with Crippen LogP contribution in [-0.4, -0.2) is 29.5 Å². The summed E-state index contributed by atoms with van der Waals surface area (Å²) in [6.45, 7) is 4.18. The van der Waals surface area contributed by atoms with Crippen molar-refractivity contribution in [1.82, 2.24) is 10.3 Å². The highest BCUT2D eigenvalue weighted by Gasteiger charge is 2.21. The van der Waals surface area contributed by atoms with Gasteiger partial charge in [-0.3, -0.25) is 4.79 Å². The monoisotopic (exact) mass is 364 g/mol. The quantitative estimate of drug-likeness (QED) is 0.622. The lowest BCUT2D eigenvalue weighted by Crippen LogP contribution is -2.38. The smallest absolute Gasteiger partial charge is 0.341 e. The number of benzene rings is 2. The van der Waals surface area contributed by atoms with Crippen LogP contribution in [0, 0.1) is 0 Å². The summed E-state index contributed by atoms with van der Waals surface area (Å²) in [6.07, 6.45) is 1.66. The maximum Gasteiger partial charge on any atom is 0.341 e. The van der Waals surface area contributed by atoms with Crippen LogP contribution in [0.3, 0.4) is 0 Å². The van der Waals surface area contributed by atoms with Gasteiger partial charge < -0.3 is 15.0 Å². The van der Waals surface area contributed by atoms with Gasteiger partial charge in [-0.15, -0.1) is 0 Å². The number of amides is 1. The lowest BCUT2D eigenvalue weighted by atomic mass is 9.96. The fraction of sp³-hybridized carbons (Fsp3) is 0.273. The molecule has 2 N–H and O–H groups in total. The zero-order chi connectivity index (χ0) is 19.2. The van der Waals surface area contributed by atoms with Crippen LogP contribution in [0.4, 0.5) is 0 Å². The predicted molar refractivity (Wildman–Crippen MR) is 106 cm³/mol. The van der Waals surface area contributed by atoms with E-state index in [0.717, 1.165) is 17.3 Å². The Bertz CT molecular complexity index is 917. The minimum atomic E-state index is -0.862. The van der Waals surface area contributed by atoms with Gasteiger partial charge in [0.1, 0.15) is 0 Å². The predicted octanol–water partition coefficient (Wildman–Crippen LogP) is 4.02. The molecule has 140 valence electrons. The number of fused-ring (bicyclic) bond motifs is 1. The Morgan fingerprint density at radius 1 is 1.07 bits per heavy atom. The third-order valence-corrected chi connectivity index (χ3v) is 4.75. The van der Waals surface area contributed by atoms with Crippen LogP contribution >= 0.6 is 0 Å². The molecule has 0 fully saturated rings. The summed E-state index contributed by atoms with van der Waals surface area (Å²) >= 11 is 0. The van der Waals surface area contributed by atoms with Crippen molar-refractivity contribution < 1.29 is 14.3 Å². The Hall–Kier alpha value is -3.08. The lowest BCUT2D eigenvalue weighted by Gasteiger charge is -2.18. The fourth-order valence-electron chi connectivity index (χ4n) is 3.11. The zero-order valence-electron chi connectivity index (χ0n) is 15.6. The SMILES string of the molecule is CC[C@H](CNC(=O)[C@@H](C)OC(=O)c1c[nH]c2ccccc12)c1ccccc1. The van der Waals surface area contributed by atoms with Crippen molar-refractivity contribution in [2.75, 3.05) is 6.54 Å². The lowest BCUT2D eigenvalue weighted by molar-refractivity contribution is -0.129. The van der Waals surface area contributed by atoms with E-state index in [0.29, 0.717) is 12.1 Å². The number of H-pyrrole nitrogens is 1. The molecule has 0 saturated carbocycles. The summed E-state index contributed by atoms with van der Waals surface area (Å²) in [6, 6.07) is 17.5. The van der Waals surface area contributed by atoms with Gasteiger partial charge in [-0.05, 0) is 25.0 Å². The molecule has 0 aliphatic heterocycles. The first-order chi connectivity index (χ1) is 13.1. The van der Waals surface area contributed by atoms with Gasteiger partial charge in [-0.1, -0.05) is 55.5 Å². The van der Waals surface area contributed by atoms with Gasteiger partial charge in [-0.25, -0.2) is 4.79 Å². The average Bonchev–Trinajstić information content (AvgIpc) is 3.13. The van der Waals surface area contributed by atoms with E-state index < -0.39 is 12.1 Å². The second kappa shape index (κ2) is 8.54. The van der Waals surface area contributed by atoms with Gasteiger partial charge >= 0.3 is 5.97 Å². The van der Waals surface area contributed by atoms with Crippen molar-refractivity contribution >= 4 is 22.8 Å². The van der Waals surface area contributed by atoms with Gasteiger partial charge in [0.05, 0.1) is 5.56 Å². The van der Waals surface area contributed by atoms with Crippen molar-refractivity contribution in [3.63, 3.8) is 0 Å². The Morgan fingerprint density at radius 3 is 2.52 bits per heavy atom. The molecule has 0 unspecified atom stereocenters. The summed E-state index contributed by atoms with van der Waals surface area (Å²) in [5.74, 6) is -0.575. The van der Waals surface area contributed by atoms with Crippen molar-refractivity contribution in [2.24, 2.45) is 0 Å². The standard InChI is InChI=1S/C22H24N2O3/c1-3-16(17-9-5-4-6-10-17)13-24-21(25)15(2)27-22(26)19-14-23-20-12-8-7-11-18(19)20/h4-12,14-16,23H,3,13H2,1-2H3,(H,24,25)/t15-,16-/m1/s1. The van der Waals surface area contributed by atoms with Crippen LogP contribution in [0.15, 0.2) is 60.8 Å². The van der Waals surface area contributed by atoms with E-state index >= 15 is 0 Å². The number of hydrogen-bond acceptors (Lipinski definition) is 3. The molecule has 0 aliphatic rings. The van der Waals surface area contributed by atoms with Crippen molar-refractivity contribution in [3.8, 4) is 0 Å². The third-order valence-electron chi connectivity index (χ3n) is 4.75. The Kier molecular flexibility index (Phi) is 5.91. The molecule has 0 spiro atoms. The highest BCUT2D eigenvalue weighted by Crippen LogP contribution is 2.20. The molecule has 0 aliphatic carbocycles. The molecule has 0 radical (unpaired) electrons. The largest absolute Gasteiger partial charge is 0.449 e. The molecule has 3 rings (SSSR count). The molecular formula is C22H24N2O3. The molecule has 5 nitrogen and oxygen atoms in total. The first-order valence-corrected chi connectivity index (χ1v) is 9.20. The van der Waals surface area contributed by atoms with Gasteiger partial charge in [0.2, 0.25) is 0 Å². The number of nitrogens with one attached hydrogen (secondary N) is 2. The van der Waals surface area contributed by atoms with Gasteiger partial charge in [0.25, 0.3) is 5.91 Å². The summed E-state index contributed by atoms with van der Waals surface area (Å²) in [5, 5.41) is 3.68. The number of esters is 1. The molecule has 1 amide bonds. The number of ether oxygens (including phenoxy) is 1. The van der Waals surface area contributed by atoms with Crippen LogP contribution in [0.2, 0.25) is 0 Å². The zero-order valence-corrected chi connectivity index (χ0v) is 15.6. The normalized spacial score (nSPS) is 13.1. The van der Waals surface area contributed by atoms with E-state index in [2.05, 4.69) is 29.4 Å². The molecule has 5 heteroatoms. The second-order valence-electron chi connectivity index (χ2n) is 6.56.